The molecule has 2 N–H and O–H groups in total. The summed E-state index contributed by atoms with van der Waals surface area (Å²) in [6, 6.07) is 14.9. The second kappa shape index (κ2) is 6.40. The lowest BCUT2D eigenvalue weighted by atomic mass is 9.94. The summed E-state index contributed by atoms with van der Waals surface area (Å²) in [6.45, 7) is 1.63. The minimum absolute atomic E-state index is 0.0371. The van der Waals surface area contributed by atoms with Crippen molar-refractivity contribution in [3.63, 3.8) is 0 Å². The Kier molecular flexibility index (Phi) is 4.45. The molecular formula is C19H18BrNO3. The number of carbonyl (C=O) groups is 2. The van der Waals surface area contributed by atoms with E-state index < -0.39 is 17.3 Å². The number of hydrogen-bond acceptors (Lipinski definition) is 2. The maximum Gasteiger partial charge on any atom is 0.310 e. The monoisotopic (exact) mass is 387 g/mol. The van der Waals surface area contributed by atoms with E-state index in [1.807, 2.05) is 24.3 Å². The van der Waals surface area contributed by atoms with E-state index in [1.54, 1.807) is 31.2 Å². The van der Waals surface area contributed by atoms with Gasteiger partial charge in [0.1, 0.15) is 0 Å². The number of hydrogen-bond donors (Lipinski definition) is 2. The number of aliphatic carboxylic acids is 1. The van der Waals surface area contributed by atoms with Crippen LogP contribution in [0.1, 0.15) is 36.8 Å². The molecule has 0 radical (unpaired) electrons. The Bertz CT molecular complexity index is 781. The summed E-state index contributed by atoms with van der Waals surface area (Å²) in [6.07, 6.45) is 1.65. The van der Waals surface area contributed by atoms with E-state index >= 15 is 0 Å². The van der Waals surface area contributed by atoms with Crippen LogP contribution in [0.2, 0.25) is 0 Å². The largest absolute Gasteiger partial charge is 0.481 e. The lowest BCUT2D eigenvalue weighted by Crippen LogP contribution is -2.27. The van der Waals surface area contributed by atoms with Gasteiger partial charge in [-0.25, -0.2) is 0 Å². The molecule has 3 rings (SSSR count). The van der Waals surface area contributed by atoms with E-state index in [0.29, 0.717) is 11.3 Å². The number of rotatable bonds is 5. The maximum atomic E-state index is 12.8. The topological polar surface area (TPSA) is 66.4 Å². The van der Waals surface area contributed by atoms with Crippen molar-refractivity contribution in [1.82, 2.24) is 0 Å². The van der Waals surface area contributed by atoms with Gasteiger partial charge in [0, 0.05) is 10.2 Å². The number of carboxylic acids is 1. The molecular weight excluding hydrogens is 370 g/mol. The number of nitrogens with one attached hydrogen (secondary N) is 1. The van der Waals surface area contributed by atoms with Crippen molar-refractivity contribution in [2.45, 2.75) is 31.1 Å². The molecule has 1 aliphatic carbocycles. The van der Waals surface area contributed by atoms with Gasteiger partial charge in [-0.15, -0.1) is 0 Å². The molecule has 0 aliphatic heterocycles. The molecule has 0 bridgehead atoms. The molecule has 5 heteroatoms. The van der Waals surface area contributed by atoms with Crippen LogP contribution in [0.15, 0.2) is 53.0 Å². The van der Waals surface area contributed by atoms with Gasteiger partial charge >= 0.3 is 5.97 Å². The van der Waals surface area contributed by atoms with E-state index in [1.165, 1.54) is 0 Å². The van der Waals surface area contributed by atoms with Crippen LogP contribution < -0.4 is 5.32 Å². The molecule has 0 heterocycles. The van der Waals surface area contributed by atoms with E-state index in [0.717, 1.165) is 22.9 Å². The van der Waals surface area contributed by atoms with Gasteiger partial charge in [0.25, 0.3) is 0 Å². The summed E-state index contributed by atoms with van der Waals surface area (Å²) in [7, 11) is 0. The van der Waals surface area contributed by atoms with Crippen LogP contribution in [0.4, 0.5) is 5.69 Å². The Morgan fingerprint density at radius 1 is 1.17 bits per heavy atom. The molecule has 124 valence electrons. The second-order valence-electron chi connectivity index (χ2n) is 6.23. The van der Waals surface area contributed by atoms with Gasteiger partial charge in [-0.3, -0.25) is 9.59 Å². The molecule has 1 saturated carbocycles. The highest BCUT2D eigenvalue weighted by molar-refractivity contribution is 9.10. The molecule has 1 atom stereocenters. The Hall–Kier alpha value is -2.14. The van der Waals surface area contributed by atoms with Crippen LogP contribution in [-0.4, -0.2) is 17.0 Å². The average Bonchev–Trinajstić information content (AvgIpc) is 3.37. The third-order valence-corrected chi connectivity index (χ3v) is 5.13. The van der Waals surface area contributed by atoms with E-state index in [2.05, 4.69) is 21.2 Å². The second-order valence-corrected chi connectivity index (χ2v) is 7.14. The molecule has 2 aromatic carbocycles. The fraction of sp³-hybridized carbons (Fsp3) is 0.263. The van der Waals surface area contributed by atoms with Gasteiger partial charge < -0.3 is 10.4 Å². The normalized spacial score (nSPS) is 16.2. The smallest absolute Gasteiger partial charge is 0.310 e. The Labute approximate surface area is 149 Å². The van der Waals surface area contributed by atoms with Gasteiger partial charge in [0.15, 0.2) is 0 Å². The summed E-state index contributed by atoms with van der Waals surface area (Å²) < 4.78 is 0.984. The van der Waals surface area contributed by atoms with Gasteiger partial charge in [-0.1, -0.05) is 40.2 Å². The van der Waals surface area contributed by atoms with Crippen molar-refractivity contribution < 1.29 is 14.7 Å². The fourth-order valence-corrected chi connectivity index (χ4v) is 3.08. The van der Waals surface area contributed by atoms with Crippen molar-refractivity contribution in [3.05, 3.63) is 64.1 Å². The van der Waals surface area contributed by atoms with Crippen molar-refractivity contribution in [1.29, 1.82) is 0 Å². The summed E-state index contributed by atoms with van der Waals surface area (Å²) in [5, 5.41) is 12.1. The molecule has 4 nitrogen and oxygen atoms in total. The molecule has 0 saturated heterocycles. The average molecular weight is 388 g/mol. The number of anilines is 1. The van der Waals surface area contributed by atoms with Crippen LogP contribution in [0, 0.1) is 0 Å². The van der Waals surface area contributed by atoms with Crippen molar-refractivity contribution in [3.8, 4) is 0 Å². The zero-order chi connectivity index (χ0) is 17.3. The molecule has 1 aliphatic rings. The molecule has 0 aromatic heterocycles. The third kappa shape index (κ3) is 3.22. The molecule has 24 heavy (non-hydrogen) atoms. The SMILES string of the molecule is CC(C(=O)O)c1cccc(NC(=O)C2(c3ccc(Br)cc3)CC2)c1. The van der Waals surface area contributed by atoms with E-state index in [9.17, 15) is 9.59 Å². The number of benzene rings is 2. The van der Waals surface area contributed by atoms with Gasteiger partial charge in [0.2, 0.25) is 5.91 Å². The lowest BCUT2D eigenvalue weighted by Gasteiger charge is -2.17. The summed E-state index contributed by atoms with van der Waals surface area (Å²) >= 11 is 3.41. The van der Waals surface area contributed by atoms with Crippen LogP contribution in [0.5, 0.6) is 0 Å². The van der Waals surface area contributed by atoms with Crippen molar-refractivity contribution in [2.75, 3.05) is 5.32 Å². The Morgan fingerprint density at radius 2 is 1.83 bits per heavy atom. The van der Waals surface area contributed by atoms with Crippen molar-refractivity contribution in [2.24, 2.45) is 0 Å². The highest BCUT2D eigenvalue weighted by Gasteiger charge is 2.51. The Morgan fingerprint density at radius 3 is 2.42 bits per heavy atom. The van der Waals surface area contributed by atoms with Crippen LogP contribution in [0.25, 0.3) is 0 Å². The van der Waals surface area contributed by atoms with E-state index in [4.69, 9.17) is 5.11 Å². The highest BCUT2D eigenvalue weighted by Crippen LogP contribution is 2.49. The number of carbonyl (C=O) groups excluding carboxylic acids is 1. The highest BCUT2D eigenvalue weighted by atomic mass is 79.9. The lowest BCUT2D eigenvalue weighted by molar-refractivity contribution is -0.138. The predicted molar refractivity (Wildman–Crippen MR) is 96.2 cm³/mol. The first-order valence-electron chi connectivity index (χ1n) is 7.83. The van der Waals surface area contributed by atoms with Gasteiger partial charge in [-0.05, 0) is 55.2 Å². The van der Waals surface area contributed by atoms with Gasteiger partial charge in [-0.2, -0.15) is 0 Å². The first-order valence-corrected chi connectivity index (χ1v) is 8.62. The quantitative estimate of drug-likeness (QED) is 0.802. The zero-order valence-electron chi connectivity index (χ0n) is 13.3. The zero-order valence-corrected chi connectivity index (χ0v) is 14.8. The number of amides is 1. The van der Waals surface area contributed by atoms with Crippen LogP contribution >= 0.6 is 15.9 Å². The molecule has 2 aromatic rings. The molecule has 1 fully saturated rings. The van der Waals surface area contributed by atoms with Crippen molar-refractivity contribution >= 4 is 33.5 Å². The molecule has 0 spiro atoms. The predicted octanol–water partition coefficient (Wildman–Crippen LogP) is 4.31. The summed E-state index contributed by atoms with van der Waals surface area (Å²) in [4.78, 5) is 23.9. The van der Waals surface area contributed by atoms with Crippen LogP contribution in [-0.2, 0) is 15.0 Å². The number of carboxylic acid groups (broad SMARTS) is 1. The summed E-state index contributed by atoms with van der Waals surface area (Å²) in [5.41, 5.74) is 1.86. The first-order chi connectivity index (χ1) is 11.4. The first kappa shape index (κ1) is 16.7. The standard InChI is InChI=1S/C19H18BrNO3/c1-12(17(22)23)13-3-2-4-16(11-13)21-18(24)19(9-10-19)14-5-7-15(20)8-6-14/h2-8,11-12H,9-10H2,1H3,(H,21,24)(H,22,23). The maximum absolute atomic E-state index is 12.8. The minimum Gasteiger partial charge on any atom is -0.481 e. The molecule has 1 unspecified atom stereocenters. The Balaban J connectivity index is 1.79. The molecule has 1 amide bonds. The third-order valence-electron chi connectivity index (χ3n) is 4.60. The van der Waals surface area contributed by atoms with E-state index in [-0.39, 0.29) is 5.91 Å². The summed E-state index contributed by atoms with van der Waals surface area (Å²) in [5.74, 6) is -1.53. The number of halogens is 1. The van der Waals surface area contributed by atoms with Gasteiger partial charge in [0.05, 0.1) is 11.3 Å². The fourth-order valence-electron chi connectivity index (χ4n) is 2.82. The van der Waals surface area contributed by atoms with Crippen LogP contribution in [0.3, 0.4) is 0 Å². The minimum atomic E-state index is -0.882.